The van der Waals surface area contributed by atoms with E-state index in [9.17, 15) is 4.79 Å². The molecule has 0 aromatic rings. The molecule has 0 saturated heterocycles. The van der Waals surface area contributed by atoms with Crippen molar-refractivity contribution in [2.24, 2.45) is 17.8 Å². The van der Waals surface area contributed by atoms with Crippen LogP contribution >= 0.6 is 0 Å². The van der Waals surface area contributed by atoms with E-state index in [1.807, 2.05) is 6.07 Å². The fourth-order valence-electron chi connectivity index (χ4n) is 4.92. The van der Waals surface area contributed by atoms with Crippen LogP contribution in [0.5, 0.6) is 0 Å². The number of hydrogen-bond donors (Lipinski definition) is 2. The largest absolute Gasteiger partial charge is 0.354 e. The van der Waals surface area contributed by atoms with Crippen LogP contribution in [0.1, 0.15) is 44.9 Å². The highest BCUT2D eigenvalue weighted by Crippen LogP contribution is 2.55. The summed E-state index contributed by atoms with van der Waals surface area (Å²) in [6, 6.07) is 2.04. The highest BCUT2D eigenvalue weighted by Gasteiger charge is 2.50. The summed E-state index contributed by atoms with van der Waals surface area (Å²) in [7, 11) is 0. The van der Waals surface area contributed by atoms with E-state index in [1.165, 1.54) is 38.5 Å². The van der Waals surface area contributed by atoms with Crippen LogP contribution in [-0.4, -0.2) is 24.5 Å². The average molecular weight is 261 g/mol. The first kappa shape index (κ1) is 12.9. The first-order chi connectivity index (χ1) is 9.19. The number of rotatable bonds is 5. The molecule has 0 aliphatic heterocycles. The quantitative estimate of drug-likeness (QED) is 0.738. The van der Waals surface area contributed by atoms with E-state index >= 15 is 0 Å². The molecular formula is C15H23N3O. The van der Waals surface area contributed by atoms with Gasteiger partial charge in [0.25, 0.3) is 0 Å². The van der Waals surface area contributed by atoms with Crippen LogP contribution < -0.4 is 10.6 Å². The van der Waals surface area contributed by atoms with Gasteiger partial charge in [0.1, 0.15) is 0 Å². The van der Waals surface area contributed by atoms with Crippen LogP contribution in [0, 0.1) is 29.1 Å². The predicted molar refractivity (Wildman–Crippen MR) is 72.1 cm³/mol. The van der Waals surface area contributed by atoms with Crippen molar-refractivity contribution < 1.29 is 4.79 Å². The molecule has 4 saturated carbocycles. The molecule has 4 aliphatic carbocycles. The van der Waals surface area contributed by atoms with E-state index in [4.69, 9.17) is 5.26 Å². The van der Waals surface area contributed by atoms with Crippen LogP contribution in [-0.2, 0) is 4.79 Å². The van der Waals surface area contributed by atoms with Gasteiger partial charge in [-0.2, -0.15) is 5.26 Å². The lowest BCUT2D eigenvalue weighted by molar-refractivity contribution is -0.121. The van der Waals surface area contributed by atoms with Crippen LogP contribution in [0.2, 0.25) is 0 Å². The monoisotopic (exact) mass is 261 g/mol. The number of carbonyl (C=O) groups excluding carboxylic acids is 1. The highest BCUT2D eigenvalue weighted by molar-refractivity contribution is 5.78. The second-order valence-electron chi connectivity index (χ2n) is 6.81. The van der Waals surface area contributed by atoms with E-state index in [-0.39, 0.29) is 11.4 Å². The summed E-state index contributed by atoms with van der Waals surface area (Å²) >= 11 is 0. The Labute approximate surface area is 114 Å². The Morgan fingerprint density at radius 2 is 1.74 bits per heavy atom. The second-order valence-corrected chi connectivity index (χ2v) is 6.81. The lowest BCUT2D eigenvalue weighted by Crippen LogP contribution is -2.59. The Morgan fingerprint density at radius 1 is 1.16 bits per heavy atom. The van der Waals surface area contributed by atoms with Crippen LogP contribution in [0.4, 0.5) is 0 Å². The van der Waals surface area contributed by atoms with Gasteiger partial charge in [0.2, 0.25) is 5.91 Å². The van der Waals surface area contributed by atoms with Crippen LogP contribution in [0.3, 0.4) is 0 Å². The molecule has 104 valence electrons. The van der Waals surface area contributed by atoms with Crippen molar-refractivity contribution >= 4 is 5.91 Å². The molecule has 4 nitrogen and oxygen atoms in total. The van der Waals surface area contributed by atoms with Crippen molar-refractivity contribution in [1.82, 2.24) is 10.6 Å². The molecular weight excluding hydrogens is 238 g/mol. The zero-order chi connectivity index (χ0) is 13.3. The Bertz CT molecular complexity index is 363. The molecule has 0 radical (unpaired) electrons. The predicted octanol–water partition coefficient (Wildman–Crippen LogP) is 1.57. The van der Waals surface area contributed by atoms with E-state index in [0.717, 1.165) is 17.8 Å². The molecule has 1 amide bonds. The second kappa shape index (κ2) is 5.13. The molecule has 4 fully saturated rings. The topological polar surface area (TPSA) is 64.9 Å². The number of amides is 1. The molecule has 0 spiro atoms. The maximum atomic E-state index is 11.7. The van der Waals surface area contributed by atoms with Gasteiger partial charge in [-0.25, -0.2) is 0 Å². The van der Waals surface area contributed by atoms with Gasteiger partial charge in [0.05, 0.1) is 19.0 Å². The van der Waals surface area contributed by atoms with Crippen molar-refractivity contribution in [2.45, 2.75) is 50.5 Å². The molecule has 0 aromatic carbocycles. The summed E-state index contributed by atoms with van der Waals surface area (Å²) in [6.07, 6.45) is 8.47. The van der Waals surface area contributed by atoms with Gasteiger partial charge in [-0.3, -0.25) is 4.79 Å². The maximum absolute atomic E-state index is 11.7. The number of nitriles is 1. The molecule has 4 heteroatoms. The summed E-state index contributed by atoms with van der Waals surface area (Å²) in [5, 5.41) is 14.8. The van der Waals surface area contributed by atoms with Crippen molar-refractivity contribution in [1.29, 1.82) is 5.26 Å². The summed E-state index contributed by atoms with van der Waals surface area (Å²) in [4.78, 5) is 11.7. The summed E-state index contributed by atoms with van der Waals surface area (Å²) < 4.78 is 0. The normalized spacial score (nSPS) is 39.0. The Kier molecular flexibility index (Phi) is 3.49. The summed E-state index contributed by atoms with van der Waals surface area (Å²) in [5.41, 5.74) is 0.251. The number of nitrogens with one attached hydrogen (secondary N) is 2. The third kappa shape index (κ3) is 2.76. The van der Waals surface area contributed by atoms with Gasteiger partial charge in [-0.05, 0) is 56.3 Å². The molecule has 4 bridgehead atoms. The van der Waals surface area contributed by atoms with Crippen molar-refractivity contribution in [3.63, 3.8) is 0 Å². The Hall–Kier alpha value is -1.08. The lowest BCUT2D eigenvalue weighted by Gasteiger charge is -2.57. The third-order valence-electron chi connectivity index (χ3n) is 5.22. The SMILES string of the molecule is N#CCCNC(=O)CNC12CC3CC(CC(C3)C1)C2. The van der Waals surface area contributed by atoms with E-state index in [1.54, 1.807) is 0 Å². The molecule has 0 heterocycles. The minimum absolute atomic E-state index is 0.0333. The zero-order valence-corrected chi connectivity index (χ0v) is 11.5. The number of hydrogen-bond acceptors (Lipinski definition) is 3. The van der Waals surface area contributed by atoms with Gasteiger partial charge in [0, 0.05) is 12.1 Å². The van der Waals surface area contributed by atoms with Gasteiger partial charge in [-0.15, -0.1) is 0 Å². The Balaban J connectivity index is 1.50. The first-order valence-electron chi connectivity index (χ1n) is 7.58. The minimum Gasteiger partial charge on any atom is -0.354 e. The molecule has 4 aliphatic rings. The third-order valence-corrected chi connectivity index (χ3v) is 5.22. The molecule has 0 unspecified atom stereocenters. The standard InChI is InChI=1S/C15H23N3O/c16-2-1-3-17-14(19)10-18-15-7-11-4-12(8-15)6-13(5-11)9-15/h11-13,18H,1,3-10H2,(H,17,19). The van der Waals surface area contributed by atoms with Gasteiger partial charge >= 0.3 is 0 Å². The van der Waals surface area contributed by atoms with E-state index in [2.05, 4.69) is 10.6 Å². The van der Waals surface area contributed by atoms with Crippen LogP contribution in [0.15, 0.2) is 0 Å². The lowest BCUT2D eigenvalue weighted by atomic mass is 9.53. The summed E-state index contributed by atoms with van der Waals surface area (Å²) in [6.45, 7) is 0.884. The van der Waals surface area contributed by atoms with Crippen molar-refractivity contribution in [3.05, 3.63) is 0 Å². The van der Waals surface area contributed by atoms with Crippen molar-refractivity contribution in [2.75, 3.05) is 13.1 Å². The zero-order valence-electron chi connectivity index (χ0n) is 11.5. The molecule has 0 aromatic heterocycles. The van der Waals surface area contributed by atoms with Gasteiger partial charge < -0.3 is 10.6 Å². The van der Waals surface area contributed by atoms with E-state index in [0.29, 0.717) is 19.5 Å². The molecule has 2 N–H and O–H groups in total. The maximum Gasteiger partial charge on any atom is 0.234 e. The van der Waals surface area contributed by atoms with Gasteiger partial charge in [-0.1, -0.05) is 0 Å². The number of carbonyl (C=O) groups is 1. The van der Waals surface area contributed by atoms with E-state index < -0.39 is 0 Å². The summed E-state index contributed by atoms with van der Waals surface area (Å²) in [5.74, 6) is 2.74. The van der Waals surface area contributed by atoms with Gasteiger partial charge in [0.15, 0.2) is 0 Å². The Morgan fingerprint density at radius 3 is 2.26 bits per heavy atom. The van der Waals surface area contributed by atoms with Crippen molar-refractivity contribution in [3.8, 4) is 6.07 Å². The molecule has 0 atom stereocenters. The average Bonchev–Trinajstić information content (AvgIpc) is 2.35. The minimum atomic E-state index is 0.0333. The molecule has 4 rings (SSSR count). The van der Waals surface area contributed by atoms with Crippen LogP contribution in [0.25, 0.3) is 0 Å². The highest BCUT2D eigenvalue weighted by atomic mass is 16.1. The fraction of sp³-hybridized carbons (Fsp3) is 0.867. The fourth-order valence-corrected chi connectivity index (χ4v) is 4.92. The molecule has 19 heavy (non-hydrogen) atoms. The number of nitrogens with zero attached hydrogens (tertiary/aromatic N) is 1. The first-order valence-corrected chi connectivity index (χ1v) is 7.58. The smallest absolute Gasteiger partial charge is 0.234 e.